The highest BCUT2D eigenvalue weighted by atomic mass is 16.5. The van der Waals surface area contributed by atoms with Gasteiger partial charge in [0.2, 0.25) is 11.8 Å². The molecular formula is C15H26N2O4. The summed E-state index contributed by atoms with van der Waals surface area (Å²) in [5.41, 5.74) is 0. The van der Waals surface area contributed by atoms with Gasteiger partial charge in [0, 0.05) is 39.1 Å². The summed E-state index contributed by atoms with van der Waals surface area (Å²) in [7, 11) is 0. The molecule has 0 spiro atoms. The zero-order chi connectivity index (χ0) is 14.9. The van der Waals surface area contributed by atoms with Gasteiger partial charge in [0.1, 0.15) is 0 Å². The number of hydrogen-bond acceptors (Lipinski definition) is 4. The molecule has 0 bridgehead atoms. The fourth-order valence-corrected chi connectivity index (χ4v) is 2.65. The molecule has 6 heteroatoms. The lowest BCUT2D eigenvalue weighted by atomic mass is 10.2. The van der Waals surface area contributed by atoms with Crippen molar-refractivity contribution in [2.24, 2.45) is 0 Å². The van der Waals surface area contributed by atoms with Gasteiger partial charge < -0.3 is 20.1 Å². The summed E-state index contributed by atoms with van der Waals surface area (Å²) in [6.45, 7) is 2.77. The summed E-state index contributed by atoms with van der Waals surface area (Å²) in [5, 5.41) is 5.72. The first kappa shape index (κ1) is 16.2. The van der Waals surface area contributed by atoms with E-state index in [1.54, 1.807) is 0 Å². The molecule has 2 aliphatic rings. The van der Waals surface area contributed by atoms with E-state index < -0.39 is 0 Å². The molecule has 21 heavy (non-hydrogen) atoms. The molecule has 0 radical (unpaired) electrons. The van der Waals surface area contributed by atoms with Crippen LogP contribution in [0.3, 0.4) is 0 Å². The van der Waals surface area contributed by atoms with E-state index in [4.69, 9.17) is 9.47 Å². The molecule has 0 unspecified atom stereocenters. The molecule has 6 nitrogen and oxygen atoms in total. The van der Waals surface area contributed by atoms with Gasteiger partial charge in [0.15, 0.2) is 0 Å². The van der Waals surface area contributed by atoms with Gasteiger partial charge in [-0.3, -0.25) is 9.59 Å². The van der Waals surface area contributed by atoms with E-state index in [0.717, 1.165) is 38.9 Å². The molecule has 2 rings (SSSR count). The molecule has 2 atom stereocenters. The Kier molecular flexibility index (Phi) is 6.95. The van der Waals surface area contributed by atoms with Crippen LogP contribution in [-0.2, 0) is 19.1 Å². The number of amides is 2. The minimum Gasteiger partial charge on any atom is -0.376 e. The minimum absolute atomic E-state index is 0.00238. The number of nitrogens with one attached hydrogen (secondary N) is 2. The van der Waals surface area contributed by atoms with Crippen LogP contribution in [0.1, 0.15) is 44.9 Å². The lowest BCUT2D eigenvalue weighted by Crippen LogP contribution is -2.33. The maximum Gasteiger partial charge on any atom is 0.220 e. The van der Waals surface area contributed by atoms with Crippen LogP contribution in [-0.4, -0.2) is 50.3 Å². The van der Waals surface area contributed by atoms with Crippen LogP contribution >= 0.6 is 0 Å². The van der Waals surface area contributed by atoms with Crippen molar-refractivity contribution >= 4 is 11.8 Å². The van der Waals surface area contributed by atoms with Crippen molar-refractivity contribution in [1.29, 1.82) is 0 Å². The van der Waals surface area contributed by atoms with Crippen molar-refractivity contribution in [3.8, 4) is 0 Å². The summed E-state index contributed by atoms with van der Waals surface area (Å²) >= 11 is 0. The van der Waals surface area contributed by atoms with Crippen LogP contribution in [0.4, 0.5) is 0 Å². The maximum atomic E-state index is 11.6. The molecule has 2 amide bonds. The second kappa shape index (κ2) is 9.00. The Bertz CT molecular complexity index is 305. The molecule has 2 saturated heterocycles. The summed E-state index contributed by atoms with van der Waals surface area (Å²) in [4.78, 5) is 23.3. The largest absolute Gasteiger partial charge is 0.376 e. The summed E-state index contributed by atoms with van der Waals surface area (Å²) in [5.74, 6) is -0.00477. The standard InChI is InChI=1S/C15H26N2O4/c18-14(16-10-12-4-2-8-20-12)6-1-7-15(19)17-11-13-5-3-9-21-13/h12-13H,1-11H2,(H,16,18)(H,17,19)/t12-,13-/m1/s1. The molecule has 0 saturated carbocycles. The Morgan fingerprint density at radius 2 is 1.33 bits per heavy atom. The minimum atomic E-state index is -0.00238. The Morgan fingerprint density at radius 3 is 1.71 bits per heavy atom. The second-order valence-electron chi connectivity index (χ2n) is 5.73. The van der Waals surface area contributed by atoms with E-state index in [9.17, 15) is 9.59 Å². The van der Waals surface area contributed by atoms with Crippen molar-refractivity contribution < 1.29 is 19.1 Å². The van der Waals surface area contributed by atoms with Crippen LogP contribution in [0.25, 0.3) is 0 Å². The predicted octanol–water partition coefficient (Wildman–Crippen LogP) is 0.747. The Morgan fingerprint density at radius 1 is 0.857 bits per heavy atom. The second-order valence-corrected chi connectivity index (χ2v) is 5.73. The highest BCUT2D eigenvalue weighted by molar-refractivity contribution is 5.78. The molecule has 2 fully saturated rings. The molecule has 2 N–H and O–H groups in total. The summed E-state index contributed by atoms with van der Waals surface area (Å²) < 4.78 is 10.9. The molecule has 0 aromatic rings. The predicted molar refractivity (Wildman–Crippen MR) is 77.8 cm³/mol. The van der Waals surface area contributed by atoms with Gasteiger partial charge in [0.25, 0.3) is 0 Å². The molecule has 0 aromatic heterocycles. The van der Waals surface area contributed by atoms with Crippen molar-refractivity contribution in [3.05, 3.63) is 0 Å². The van der Waals surface area contributed by atoms with Crippen LogP contribution in [0.15, 0.2) is 0 Å². The van der Waals surface area contributed by atoms with Crippen LogP contribution in [0, 0.1) is 0 Å². The number of ether oxygens (including phenoxy) is 2. The first-order valence-corrected chi connectivity index (χ1v) is 8.00. The Balaban J connectivity index is 1.45. The average Bonchev–Trinajstić information content (AvgIpc) is 3.16. The number of rotatable bonds is 8. The quantitative estimate of drug-likeness (QED) is 0.693. The number of carbonyl (C=O) groups excluding carboxylic acids is 2. The smallest absolute Gasteiger partial charge is 0.220 e. The van der Waals surface area contributed by atoms with E-state index in [0.29, 0.717) is 32.4 Å². The fraction of sp³-hybridized carbons (Fsp3) is 0.867. The van der Waals surface area contributed by atoms with Gasteiger partial charge in [0.05, 0.1) is 12.2 Å². The van der Waals surface area contributed by atoms with Crippen molar-refractivity contribution in [3.63, 3.8) is 0 Å². The Hall–Kier alpha value is -1.14. The molecule has 2 aliphatic heterocycles. The first-order valence-electron chi connectivity index (χ1n) is 8.00. The van der Waals surface area contributed by atoms with Crippen LogP contribution in [0.2, 0.25) is 0 Å². The topological polar surface area (TPSA) is 76.7 Å². The highest BCUT2D eigenvalue weighted by Gasteiger charge is 2.17. The SMILES string of the molecule is O=C(CCCC(=O)NC[C@H]1CCCO1)NC[C@H]1CCCO1. The van der Waals surface area contributed by atoms with E-state index in [1.807, 2.05) is 0 Å². The lowest BCUT2D eigenvalue weighted by molar-refractivity contribution is -0.123. The fourth-order valence-electron chi connectivity index (χ4n) is 2.65. The van der Waals surface area contributed by atoms with Gasteiger partial charge in [-0.15, -0.1) is 0 Å². The third kappa shape index (κ3) is 6.44. The summed E-state index contributed by atoms with van der Waals surface area (Å²) in [6, 6.07) is 0. The van der Waals surface area contributed by atoms with Crippen molar-refractivity contribution in [2.45, 2.75) is 57.2 Å². The van der Waals surface area contributed by atoms with E-state index >= 15 is 0 Å². The van der Waals surface area contributed by atoms with Gasteiger partial charge in [-0.25, -0.2) is 0 Å². The Labute approximate surface area is 125 Å². The van der Waals surface area contributed by atoms with Crippen molar-refractivity contribution in [2.75, 3.05) is 26.3 Å². The number of carbonyl (C=O) groups is 2. The van der Waals surface area contributed by atoms with Gasteiger partial charge in [-0.2, -0.15) is 0 Å². The maximum absolute atomic E-state index is 11.6. The van der Waals surface area contributed by atoms with E-state index in [1.165, 1.54) is 0 Å². The number of hydrogen-bond donors (Lipinski definition) is 2. The monoisotopic (exact) mass is 298 g/mol. The zero-order valence-electron chi connectivity index (χ0n) is 12.6. The molecular weight excluding hydrogens is 272 g/mol. The van der Waals surface area contributed by atoms with Crippen LogP contribution in [0.5, 0.6) is 0 Å². The normalized spacial score (nSPS) is 25.0. The van der Waals surface area contributed by atoms with Crippen LogP contribution < -0.4 is 10.6 Å². The first-order chi connectivity index (χ1) is 10.2. The third-order valence-corrected chi connectivity index (χ3v) is 3.91. The lowest BCUT2D eigenvalue weighted by Gasteiger charge is -2.11. The van der Waals surface area contributed by atoms with Gasteiger partial charge in [-0.1, -0.05) is 0 Å². The van der Waals surface area contributed by atoms with Crippen molar-refractivity contribution in [1.82, 2.24) is 10.6 Å². The van der Waals surface area contributed by atoms with E-state index in [2.05, 4.69) is 10.6 Å². The van der Waals surface area contributed by atoms with Gasteiger partial charge in [-0.05, 0) is 32.1 Å². The van der Waals surface area contributed by atoms with E-state index in [-0.39, 0.29) is 24.0 Å². The highest BCUT2D eigenvalue weighted by Crippen LogP contribution is 2.11. The van der Waals surface area contributed by atoms with Gasteiger partial charge >= 0.3 is 0 Å². The summed E-state index contributed by atoms with van der Waals surface area (Å²) in [6.07, 6.45) is 5.89. The third-order valence-electron chi connectivity index (χ3n) is 3.91. The average molecular weight is 298 g/mol. The molecule has 2 heterocycles. The molecule has 120 valence electrons. The molecule has 0 aliphatic carbocycles. The zero-order valence-corrected chi connectivity index (χ0v) is 12.6. The molecule has 0 aromatic carbocycles.